The van der Waals surface area contributed by atoms with Gasteiger partial charge in [0.1, 0.15) is 11.9 Å². The van der Waals surface area contributed by atoms with Gasteiger partial charge in [-0.2, -0.15) is 16.8 Å². The van der Waals surface area contributed by atoms with Crippen molar-refractivity contribution in [2.75, 3.05) is 0 Å². The molecule has 1 aromatic carbocycles. The van der Waals surface area contributed by atoms with Gasteiger partial charge in [-0.15, -0.1) is 0 Å². The average Bonchev–Trinajstić information content (AvgIpc) is 2.25. The van der Waals surface area contributed by atoms with Crippen LogP contribution in [0.5, 0.6) is 5.75 Å². The number of benzene rings is 1. The Labute approximate surface area is 114 Å². The molecule has 0 aromatic heterocycles. The molecule has 1 aliphatic carbocycles. The van der Waals surface area contributed by atoms with Crippen molar-refractivity contribution in [3.05, 3.63) is 34.3 Å². The summed E-state index contributed by atoms with van der Waals surface area (Å²) in [6.07, 6.45) is -0.182. The number of fused-ring (bicyclic) bond motifs is 1. The molecule has 0 unspecified atom stereocenters. The van der Waals surface area contributed by atoms with Gasteiger partial charge in [0.15, 0.2) is 0 Å². The predicted octanol–water partition coefficient (Wildman–Crippen LogP) is 0.524. The van der Waals surface area contributed by atoms with Crippen LogP contribution in [-0.4, -0.2) is 36.2 Å². The summed E-state index contributed by atoms with van der Waals surface area (Å²) in [5, 5.41) is 19.4. The molecular weight excluding hydrogens is 312 g/mol. The lowest BCUT2D eigenvalue weighted by molar-refractivity contribution is 0.314. The molecule has 0 bridgehead atoms. The molecule has 1 radical (unpaired) electrons. The Balaban J connectivity index is 2.75. The van der Waals surface area contributed by atoms with Crippen molar-refractivity contribution < 1.29 is 36.2 Å². The minimum Gasteiger partial charge on any atom is -0.507 e. The average molecular weight is 321 g/mol. The molecule has 20 heavy (non-hydrogen) atoms. The highest BCUT2D eigenvalue weighted by Crippen LogP contribution is 2.39. The highest BCUT2D eigenvalue weighted by Gasteiger charge is 2.30. The Morgan fingerprint density at radius 2 is 1.55 bits per heavy atom. The van der Waals surface area contributed by atoms with Gasteiger partial charge < -0.3 is 10.2 Å². The Bertz CT molecular complexity index is 804. The van der Waals surface area contributed by atoms with E-state index in [0.29, 0.717) is 0 Å². The quantitative estimate of drug-likeness (QED) is 0.576. The van der Waals surface area contributed by atoms with Crippen LogP contribution in [0.3, 0.4) is 0 Å². The number of aliphatic hydroxyl groups is 1. The van der Waals surface area contributed by atoms with Crippen LogP contribution in [0, 0.1) is 6.10 Å². The molecule has 0 aliphatic heterocycles. The van der Waals surface area contributed by atoms with E-state index in [-0.39, 0.29) is 11.1 Å². The van der Waals surface area contributed by atoms with Crippen molar-refractivity contribution in [1.82, 2.24) is 0 Å². The Hall–Kier alpha value is -1.46. The van der Waals surface area contributed by atoms with Crippen molar-refractivity contribution in [3.63, 3.8) is 0 Å². The van der Waals surface area contributed by atoms with Crippen molar-refractivity contribution in [2.45, 2.75) is 11.3 Å². The summed E-state index contributed by atoms with van der Waals surface area (Å²) in [7, 11) is -9.20. The van der Waals surface area contributed by atoms with Gasteiger partial charge in [0.25, 0.3) is 20.2 Å². The molecule has 4 N–H and O–H groups in total. The predicted molar refractivity (Wildman–Crippen MR) is 66.3 cm³/mol. The number of phenolic OH excluding ortho intramolecular Hbond substituents is 1. The lowest BCUT2D eigenvalue weighted by Gasteiger charge is -2.20. The maximum Gasteiger partial charge on any atom is 0.294 e. The molecule has 0 saturated carbocycles. The highest BCUT2D eigenvalue weighted by molar-refractivity contribution is 7.90. The summed E-state index contributed by atoms with van der Waals surface area (Å²) in [5.74, 6) is -0.640. The number of aliphatic hydroxyl groups excluding tert-OH is 1. The van der Waals surface area contributed by atoms with Crippen molar-refractivity contribution in [2.24, 2.45) is 0 Å². The largest absolute Gasteiger partial charge is 0.507 e. The number of phenols is 1. The lowest BCUT2D eigenvalue weighted by atomic mass is 9.94. The minimum atomic E-state index is -4.62. The van der Waals surface area contributed by atoms with Crippen molar-refractivity contribution in [3.8, 4) is 5.75 Å². The van der Waals surface area contributed by atoms with E-state index in [1.165, 1.54) is 0 Å². The molecule has 10 heteroatoms. The summed E-state index contributed by atoms with van der Waals surface area (Å²) >= 11 is 0. The summed E-state index contributed by atoms with van der Waals surface area (Å²) in [5.41, 5.74) is -0.321. The number of hydrogen-bond donors (Lipinski definition) is 4. The monoisotopic (exact) mass is 321 g/mol. The second kappa shape index (κ2) is 4.53. The first-order valence-electron chi connectivity index (χ1n) is 5.08. The third kappa shape index (κ3) is 2.69. The van der Waals surface area contributed by atoms with Crippen LogP contribution in [0.25, 0.3) is 6.08 Å². The van der Waals surface area contributed by atoms with Crippen LogP contribution in [0.2, 0.25) is 0 Å². The smallest absolute Gasteiger partial charge is 0.294 e. The molecule has 2 rings (SSSR count). The SMILES string of the molecule is O=S(=O)(O)C1=Cc2cc(S(=O)(=O)O)cc(O)c2[C](O)C1. The van der Waals surface area contributed by atoms with Crippen LogP contribution in [0.1, 0.15) is 17.5 Å². The number of hydrogen-bond acceptors (Lipinski definition) is 6. The van der Waals surface area contributed by atoms with Crippen molar-refractivity contribution in [1.29, 1.82) is 0 Å². The maximum atomic E-state index is 11.0. The first-order chi connectivity index (χ1) is 9.00. The van der Waals surface area contributed by atoms with E-state index in [1.807, 2.05) is 0 Å². The van der Waals surface area contributed by atoms with Gasteiger partial charge in [-0.05, 0) is 17.7 Å². The fourth-order valence-corrected chi connectivity index (χ4v) is 2.97. The molecule has 1 aromatic rings. The van der Waals surface area contributed by atoms with E-state index in [2.05, 4.69) is 0 Å². The van der Waals surface area contributed by atoms with E-state index in [9.17, 15) is 27.0 Å². The molecule has 0 heterocycles. The minimum absolute atomic E-state index is 0.158. The Kier molecular flexibility index (Phi) is 3.38. The summed E-state index contributed by atoms with van der Waals surface area (Å²) in [6, 6.07) is 1.58. The lowest BCUT2D eigenvalue weighted by Crippen LogP contribution is -2.14. The van der Waals surface area contributed by atoms with Crippen LogP contribution < -0.4 is 0 Å². The van der Waals surface area contributed by atoms with Gasteiger partial charge in [0, 0.05) is 18.1 Å². The summed E-state index contributed by atoms with van der Waals surface area (Å²) < 4.78 is 62.0. The molecule has 1 aliphatic rings. The van der Waals surface area contributed by atoms with E-state index in [1.54, 1.807) is 0 Å². The molecule has 0 spiro atoms. The van der Waals surface area contributed by atoms with Crippen LogP contribution in [0.4, 0.5) is 0 Å². The second-order valence-electron chi connectivity index (χ2n) is 4.09. The van der Waals surface area contributed by atoms with Gasteiger partial charge >= 0.3 is 0 Å². The molecule has 8 nitrogen and oxygen atoms in total. The summed E-state index contributed by atoms with van der Waals surface area (Å²) in [6.45, 7) is 0. The van der Waals surface area contributed by atoms with Gasteiger partial charge in [-0.3, -0.25) is 9.11 Å². The van der Waals surface area contributed by atoms with E-state index in [4.69, 9.17) is 9.11 Å². The van der Waals surface area contributed by atoms with E-state index >= 15 is 0 Å². The van der Waals surface area contributed by atoms with E-state index < -0.39 is 48.3 Å². The Morgan fingerprint density at radius 1 is 0.950 bits per heavy atom. The third-order valence-electron chi connectivity index (χ3n) is 2.70. The molecule has 109 valence electrons. The first-order valence-corrected chi connectivity index (χ1v) is 7.96. The van der Waals surface area contributed by atoms with Gasteiger partial charge in [-0.25, -0.2) is 0 Å². The maximum absolute atomic E-state index is 11.0. The van der Waals surface area contributed by atoms with Crippen LogP contribution in [-0.2, 0) is 20.2 Å². The fraction of sp³-hybridized carbons (Fsp3) is 0.100. The zero-order valence-electron chi connectivity index (χ0n) is 9.68. The molecule has 0 atom stereocenters. The van der Waals surface area contributed by atoms with Gasteiger partial charge in [0.2, 0.25) is 0 Å². The highest BCUT2D eigenvalue weighted by atomic mass is 32.2. The van der Waals surface area contributed by atoms with Gasteiger partial charge in [0.05, 0.1) is 9.80 Å². The molecular formula is C10H9O8S2. The third-order valence-corrected chi connectivity index (χ3v) is 4.45. The zero-order chi connectivity index (χ0) is 15.3. The molecule has 0 fully saturated rings. The topological polar surface area (TPSA) is 149 Å². The Morgan fingerprint density at radius 3 is 2.05 bits per heavy atom. The first kappa shape index (κ1) is 14.9. The second-order valence-corrected chi connectivity index (χ2v) is 6.99. The fourth-order valence-electron chi connectivity index (χ4n) is 1.84. The standard InChI is InChI=1S/C10H9O8S2/c11-8-3-6(19(13,14)15)1-5-2-7(20(16,17)18)4-9(12)10(5)8/h1-3,11-12H,4H2,(H,13,14,15)(H,16,17,18). The number of rotatable bonds is 2. The molecule has 0 saturated heterocycles. The number of aromatic hydroxyl groups is 1. The van der Waals surface area contributed by atoms with Crippen molar-refractivity contribution >= 4 is 26.3 Å². The zero-order valence-corrected chi connectivity index (χ0v) is 11.3. The van der Waals surface area contributed by atoms with Crippen LogP contribution >= 0.6 is 0 Å². The summed E-state index contributed by atoms with van der Waals surface area (Å²) in [4.78, 5) is -1.23. The van der Waals surface area contributed by atoms with Gasteiger partial charge in [-0.1, -0.05) is 0 Å². The van der Waals surface area contributed by atoms with E-state index in [0.717, 1.165) is 18.2 Å². The normalized spacial score (nSPS) is 16.6. The van der Waals surface area contributed by atoms with Crippen LogP contribution in [0.15, 0.2) is 21.9 Å². The molecule has 0 amide bonds.